The van der Waals surface area contributed by atoms with Crippen molar-refractivity contribution in [3.8, 4) is 17.2 Å². The summed E-state index contributed by atoms with van der Waals surface area (Å²) in [5, 5.41) is 0. The van der Waals surface area contributed by atoms with Crippen LogP contribution in [-0.4, -0.2) is 39.7 Å². The quantitative estimate of drug-likeness (QED) is 0.752. The molecule has 1 rings (SSSR count). The third-order valence-corrected chi connectivity index (χ3v) is 3.09. The third-order valence-electron chi connectivity index (χ3n) is 3.09. The van der Waals surface area contributed by atoms with Crippen LogP contribution in [-0.2, 0) is 9.53 Å². The van der Waals surface area contributed by atoms with E-state index in [0.29, 0.717) is 11.5 Å². The molecule has 6 heteroatoms. The first kappa shape index (κ1) is 17.8. The van der Waals surface area contributed by atoms with Crippen LogP contribution in [0.2, 0.25) is 0 Å². The number of esters is 1. The number of benzene rings is 1. The van der Waals surface area contributed by atoms with E-state index in [0.717, 1.165) is 0 Å². The van der Waals surface area contributed by atoms with E-state index in [-0.39, 0.29) is 23.7 Å². The van der Waals surface area contributed by atoms with Gasteiger partial charge >= 0.3 is 5.97 Å². The summed E-state index contributed by atoms with van der Waals surface area (Å²) in [7, 11) is 4.34. The van der Waals surface area contributed by atoms with Crippen molar-refractivity contribution in [1.29, 1.82) is 0 Å². The molecule has 0 aliphatic heterocycles. The second kappa shape index (κ2) is 7.15. The molecule has 122 valence electrons. The maximum Gasteiger partial charge on any atom is 0.342 e. The van der Waals surface area contributed by atoms with Crippen molar-refractivity contribution in [2.75, 3.05) is 27.9 Å². The normalized spacial score (nSPS) is 10.8. The SMILES string of the molecule is COc1ccc(C(=O)OCC(=O)C(C)(C)C)c(OC)c1OC. The van der Waals surface area contributed by atoms with Gasteiger partial charge in [0.05, 0.1) is 21.3 Å². The molecule has 0 aromatic heterocycles. The van der Waals surface area contributed by atoms with Crippen LogP contribution in [0.5, 0.6) is 17.2 Å². The maximum atomic E-state index is 12.2. The first-order valence-electron chi connectivity index (χ1n) is 6.75. The number of carbonyl (C=O) groups excluding carboxylic acids is 2. The predicted octanol–water partition coefficient (Wildman–Crippen LogP) is 2.48. The molecule has 0 saturated heterocycles. The first-order chi connectivity index (χ1) is 10.3. The maximum absolute atomic E-state index is 12.2. The molecule has 6 nitrogen and oxygen atoms in total. The van der Waals surface area contributed by atoms with Crippen molar-refractivity contribution in [2.24, 2.45) is 5.41 Å². The molecule has 0 bridgehead atoms. The molecule has 0 heterocycles. The van der Waals surface area contributed by atoms with Crippen LogP contribution in [0.15, 0.2) is 12.1 Å². The molecule has 0 aliphatic carbocycles. The minimum atomic E-state index is -0.657. The van der Waals surface area contributed by atoms with Gasteiger partial charge in [0.2, 0.25) is 5.75 Å². The second-order valence-electron chi connectivity index (χ2n) is 5.63. The Bertz CT molecular complexity index is 556. The fourth-order valence-electron chi connectivity index (χ4n) is 1.69. The van der Waals surface area contributed by atoms with E-state index in [1.807, 2.05) is 0 Å². The topological polar surface area (TPSA) is 71.1 Å². The van der Waals surface area contributed by atoms with E-state index in [4.69, 9.17) is 18.9 Å². The van der Waals surface area contributed by atoms with Gasteiger partial charge in [-0.1, -0.05) is 20.8 Å². The molecule has 0 radical (unpaired) electrons. The van der Waals surface area contributed by atoms with Crippen LogP contribution in [0.4, 0.5) is 0 Å². The minimum Gasteiger partial charge on any atom is -0.493 e. The van der Waals surface area contributed by atoms with Crippen LogP contribution in [0.1, 0.15) is 31.1 Å². The van der Waals surface area contributed by atoms with Crippen LogP contribution < -0.4 is 14.2 Å². The molecule has 0 fully saturated rings. The zero-order valence-electron chi connectivity index (χ0n) is 13.8. The van der Waals surface area contributed by atoms with E-state index in [1.54, 1.807) is 26.8 Å². The zero-order valence-corrected chi connectivity index (χ0v) is 13.8. The molecular weight excluding hydrogens is 288 g/mol. The van der Waals surface area contributed by atoms with Crippen molar-refractivity contribution in [3.63, 3.8) is 0 Å². The summed E-state index contributed by atoms with van der Waals surface area (Å²) in [6.45, 7) is 5.00. The molecule has 22 heavy (non-hydrogen) atoms. The van der Waals surface area contributed by atoms with Gasteiger partial charge in [-0.15, -0.1) is 0 Å². The number of Topliss-reactive ketones (excluding diaryl/α,β-unsaturated/α-hetero) is 1. The Morgan fingerprint density at radius 3 is 2.00 bits per heavy atom. The van der Waals surface area contributed by atoms with E-state index in [1.165, 1.54) is 27.4 Å². The number of ether oxygens (including phenoxy) is 4. The number of rotatable bonds is 6. The van der Waals surface area contributed by atoms with Crippen LogP contribution in [0, 0.1) is 5.41 Å². The highest BCUT2D eigenvalue weighted by molar-refractivity contribution is 5.96. The highest BCUT2D eigenvalue weighted by Crippen LogP contribution is 2.39. The molecular formula is C16H22O6. The first-order valence-corrected chi connectivity index (χ1v) is 6.75. The van der Waals surface area contributed by atoms with Gasteiger partial charge in [-0.25, -0.2) is 4.79 Å². The number of hydrogen-bond acceptors (Lipinski definition) is 6. The summed E-state index contributed by atoms with van der Waals surface area (Å²) >= 11 is 0. The van der Waals surface area contributed by atoms with Gasteiger partial charge in [-0.05, 0) is 12.1 Å². The third kappa shape index (κ3) is 3.90. The minimum absolute atomic E-state index is 0.166. The molecule has 0 N–H and O–H groups in total. The number of hydrogen-bond donors (Lipinski definition) is 0. The van der Waals surface area contributed by atoms with E-state index in [9.17, 15) is 9.59 Å². The average Bonchev–Trinajstić information content (AvgIpc) is 2.49. The number of ketones is 1. The monoisotopic (exact) mass is 310 g/mol. The van der Waals surface area contributed by atoms with Crippen molar-refractivity contribution < 1.29 is 28.5 Å². The summed E-state index contributed by atoms with van der Waals surface area (Å²) in [5.41, 5.74) is -0.399. The number of methoxy groups -OCH3 is 3. The Kier molecular flexibility index (Phi) is 5.79. The van der Waals surface area contributed by atoms with E-state index in [2.05, 4.69) is 0 Å². The van der Waals surface area contributed by atoms with Gasteiger partial charge in [-0.3, -0.25) is 4.79 Å². The van der Waals surface area contributed by atoms with Gasteiger partial charge in [-0.2, -0.15) is 0 Å². The molecule has 0 amide bonds. The Balaban J connectivity index is 3.01. The fraction of sp³-hybridized carbons (Fsp3) is 0.500. The molecule has 0 atom stereocenters. The molecule has 1 aromatic carbocycles. The summed E-state index contributed by atoms with van der Waals surface area (Å²) in [6.07, 6.45) is 0. The molecule has 0 unspecified atom stereocenters. The predicted molar refractivity (Wildman–Crippen MR) is 80.8 cm³/mol. The van der Waals surface area contributed by atoms with Crippen molar-refractivity contribution in [3.05, 3.63) is 17.7 Å². The van der Waals surface area contributed by atoms with Crippen molar-refractivity contribution >= 4 is 11.8 Å². The molecule has 0 spiro atoms. The van der Waals surface area contributed by atoms with E-state index < -0.39 is 11.4 Å². The summed E-state index contributed by atoms with van der Waals surface area (Å²) < 4.78 is 20.6. The summed E-state index contributed by atoms with van der Waals surface area (Å²) in [4.78, 5) is 24.0. The smallest absolute Gasteiger partial charge is 0.342 e. The number of carbonyl (C=O) groups is 2. The highest BCUT2D eigenvalue weighted by atomic mass is 16.5. The van der Waals surface area contributed by atoms with Crippen molar-refractivity contribution in [1.82, 2.24) is 0 Å². The lowest BCUT2D eigenvalue weighted by Gasteiger charge is -2.17. The largest absolute Gasteiger partial charge is 0.493 e. The lowest BCUT2D eigenvalue weighted by Crippen LogP contribution is -2.26. The zero-order chi connectivity index (χ0) is 16.9. The Morgan fingerprint density at radius 2 is 1.55 bits per heavy atom. The van der Waals surface area contributed by atoms with Crippen LogP contribution >= 0.6 is 0 Å². The Morgan fingerprint density at radius 1 is 0.955 bits per heavy atom. The van der Waals surface area contributed by atoms with Gasteiger partial charge < -0.3 is 18.9 Å². The highest BCUT2D eigenvalue weighted by Gasteiger charge is 2.25. The van der Waals surface area contributed by atoms with E-state index >= 15 is 0 Å². The van der Waals surface area contributed by atoms with Crippen LogP contribution in [0.25, 0.3) is 0 Å². The molecule has 0 aliphatic rings. The van der Waals surface area contributed by atoms with Gasteiger partial charge in [0.15, 0.2) is 23.9 Å². The second-order valence-corrected chi connectivity index (χ2v) is 5.63. The molecule has 1 aromatic rings. The standard InChI is InChI=1S/C16H22O6/c1-16(2,3)12(17)9-22-15(18)10-7-8-11(19-4)14(21-6)13(10)20-5/h7-8H,9H2,1-6H3. The lowest BCUT2D eigenvalue weighted by molar-refractivity contribution is -0.129. The Labute approximate surface area is 130 Å². The molecule has 0 saturated carbocycles. The van der Waals surface area contributed by atoms with Gasteiger partial charge in [0, 0.05) is 5.41 Å². The van der Waals surface area contributed by atoms with Crippen molar-refractivity contribution in [2.45, 2.75) is 20.8 Å². The summed E-state index contributed by atoms with van der Waals surface area (Å²) in [5.74, 6) is 0.106. The van der Waals surface area contributed by atoms with Crippen LogP contribution in [0.3, 0.4) is 0 Å². The Hall–Kier alpha value is -2.24. The average molecular weight is 310 g/mol. The lowest BCUT2D eigenvalue weighted by atomic mass is 9.91. The summed E-state index contributed by atoms with van der Waals surface area (Å²) in [6, 6.07) is 3.08. The van der Waals surface area contributed by atoms with Gasteiger partial charge in [0.1, 0.15) is 5.56 Å². The fourth-order valence-corrected chi connectivity index (χ4v) is 1.69. The van der Waals surface area contributed by atoms with Gasteiger partial charge in [0.25, 0.3) is 0 Å².